The van der Waals surface area contributed by atoms with Crippen LogP contribution in [0.25, 0.3) is 0 Å². The van der Waals surface area contributed by atoms with Crippen LogP contribution in [0.4, 0.5) is 0 Å². The average Bonchev–Trinajstić information content (AvgIpc) is 3.13. The van der Waals surface area contributed by atoms with E-state index in [9.17, 15) is 28.7 Å². The molecule has 0 bridgehead atoms. The number of carbonyl (C=O) groups excluding carboxylic acids is 1. The number of nitrogens with zero attached hydrogens (tertiary/aromatic N) is 2. The van der Waals surface area contributed by atoms with Gasteiger partial charge in [0.1, 0.15) is 10.6 Å². The second kappa shape index (κ2) is 9.67. The molecule has 32 heavy (non-hydrogen) atoms. The molecule has 1 aromatic carbocycles. The Morgan fingerprint density at radius 3 is 2.16 bits per heavy atom. The molecule has 0 fully saturated rings. The third-order valence-corrected chi connectivity index (χ3v) is 8.19. The third kappa shape index (κ3) is 5.72. The summed E-state index contributed by atoms with van der Waals surface area (Å²) in [4.78, 5) is 16.8. The number of sulfonamides is 1. The highest BCUT2D eigenvalue weighted by Crippen LogP contribution is 2.32. The topological polar surface area (TPSA) is 140 Å². The smallest absolute Gasteiger partial charge is 0.275 e. The van der Waals surface area contributed by atoms with E-state index in [-0.39, 0.29) is 33.2 Å². The zero-order valence-electron chi connectivity index (χ0n) is 19.1. The van der Waals surface area contributed by atoms with Crippen LogP contribution in [0.5, 0.6) is 0 Å². The van der Waals surface area contributed by atoms with Crippen molar-refractivity contribution in [3.63, 3.8) is 0 Å². The number of nitriles is 1. The van der Waals surface area contributed by atoms with Crippen LogP contribution in [0.2, 0.25) is 0 Å². The molecule has 0 saturated heterocycles. The Balaban J connectivity index is 2.43. The molecule has 1 heterocycles. The van der Waals surface area contributed by atoms with Crippen LogP contribution in [0, 0.1) is 11.3 Å². The maximum absolute atomic E-state index is 12.9. The predicted octanol–water partition coefficient (Wildman–Crippen LogP) is 3.03. The molecule has 2 aromatic rings. The van der Waals surface area contributed by atoms with Gasteiger partial charge in [0.15, 0.2) is 4.21 Å². The summed E-state index contributed by atoms with van der Waals surface area (Å²) < 4.78 is 27.5. The number of aliphatic hydroxyl groups is 2. The molecule has 1 aromatic heterocycles. The van der Waals surface area contributed by atoms with Crippen LogP contribution in [0.3, 0.4) is 0 Å². The highest BCUT2D eigenvalue weighted by atomic mass is 32.2. The van der Waals surface area contributed by atoms with Gasteiger partial charge in [0.25, 0.3) is 10.0 Å². The van der Waals surface area contributed by atoms with Gasteiger partial charge in [-0.2, -0.15) is 5.26 Å². The first-order valence-corrected chi connectivity index (χ1v) is 12.5. The SMILES string of the molecule is CC(C)c1cc(C#N)cc(C(C)C)c1CC(=O)NS(=O)(=O)c1sc(C(C)(C)O)nc1CO. The van der Waals surface area contributed by atoms with Gasteiger partial charge in [-0.3, -0.25) is 4.79 Å². The van der Waals surface area contributed by atoms with Crippen molar-refractivity contribution in [2.75, 3.05) is 0 Å². The minimum atomic E-state index is -4.31. The first-order chi connectivity index (χ1) is 14.7. The van der Waals surface area contributed by atoms with E-state index in [0.29, 0.717) is 22.5 Å². The van der Waals surface area contributed by atoms with Crippen molar-refractivity contribution in [3.05, 3.63) is 45.1 Å². The lowest BCUT2D eigenvalue weighted by molar-refractivity contribution is -0.118. The van der Waals surface area contributed by atoms with E-state index < -0.39 is 28.1 Å². The van der Waals surface area contributed by atoms with Crippen molar-refractivity contribution in [2.24, 2.45) is 0 Å². The first kappa shape index (κ1) is 25.9. The van der Waals surface area contributed by atoms with Gasteiger partial charge < -0.3 is 10.2 Å². The fourth-order valence-corrected chi connectivity index (χ4v) is 5.81. The van der Waals surface area contributed by atoms with Crippen LogP contribution in [-0.2, 0) is 33.4 Å². The predicted molar refractivity (Wildman–Crippen MR) is 122 cm³/mol. The number of nitrogens with one attached hydrogen (secondary N) is 1. The number of amides is 1. The van der Waals surface area contributed by atoms with Crippen molar-refractivity contribution in [2.45, 2.75) is 76.2 Å². The minimum Gasteiger partial charge on any atom is -0.390 e. The summed E-state index contributed by atoms with van der Waals surface area (Å²) >= 11 is 0.707. The quantitative estimate of drug-likeness (QED) is 0.528. The molecule has 1 amide bonds. The molecule has 0 aliphatic rings. The molecule has 0 aliphatic heterocycles. The van der Waals surface area contributed by atoms with E-state index in [4.69, 9.17) is 0 Å². The molecule has 10 heteroatoms. The number of hydrogen-bond acceptors (Lipinski definition) is 8. The maximum Gasteiger partial charge on any atom is 0.275 e. The Morgan fingerprint density at radius 1 is 1.22 bits per heavy atom. The Labute approximate surface area is 193 Å². The molecule has 0 atom stereocenters. The summed E-state index contributed by atoms with van der Waals surface area (Å²) in [5.74, 6) is -0.685. The Kier molecular flexibility index (Phi) is 7.83. The summed E-state index contributed by atoms with van der Waals surface area (Å²) in [6.07, 6.45) is -0.183. The van der Waals surface area contributed by atoms with E-state index >= 15 is 0 Å². The van der Waals surface area contributed by atoms with Crippen LogP contribution in [-0.4, -0.2) is 29.5 Å². The number of aromatic nitrogens is 1. The van der Waals surface area contributed by atoms with Crippen LogP contribution in [0.1, 0.15) is 86.3 Å². The second-order valence-electron chi connectivity index (χ2n) is 8.73. The highest BCUT2D eigenvalue weighted by molar-refractivity contribution is 7.92. The lowest BCUT2D eigenvalue weighted by Gasteiger charge is -2.20. The Hall–Kier alpha value is -2.32. The van der Waals surface area contributed by atoms with Crippen molar-refractivity contribution in [3.8, 4) is 6.07 Å². The number of thiazole rings is 1. The first-order valence-electron chi connectivity index (χ1n) is 10.2. The molecule has 8 nitrogen and oxygen atoms in total. The summed E-state index contributed by atoms with van der Waals surface area (Å²) in [5, 5.41) is 29.1. The van der Waals surface area contributed by atoms with Crippen LogP contribution in [0.15, 0.2) is 16.3 Å². The fraction of sp³-hybridized carbons (Fsp3) is 0.500. The molecule has 174 valence electrons. The summed E-state index contributed by atoms with van der Waals surface area (Å²) in [7, 11) is -4.31. The summed E-state index contributed by atoms with van der Waals surface area (Å²) in [6, 6.07) is 5.60. The van der Waals surface area contributed by atoms with Gasteiger partial charge in [-0.1, -0.05) is 27.7 Å². The normalized spacial score (nSPS) is 12.3. The van der Waals surface area contributed by atoms with E-state index in [1.165, 1.54) is 13.8 Å². The number of aliphatic hydroxyl groups excluding tert-OH is 1. The zero-order valence-corrected chi connectivity index (χ0v) is 20.7. The molecule has 3 N–H and O–H groups in total. The second-order valence-corrected chi connectivity index (χ2v) is 11.6. The minimum absolute atomic E-state index is 0.0250. The molecule has 2 rings (SSSR count). The van der Waals surface area contributed by atoms with E-state index in [1.54, 1.807) is 12.1 Å². The van der Waals surface area contributed by atoms with Crippen molar-refractivity contribution >= 4 is 27.3 Å². The molecule has 0 aliphatic carbocycles. The number of carbonyl (C=O) groups is 1. The molecule has 0 saturated carbocycles. The molecule has 0 radical (unpaired) electrons. The fourth-order valence-electron chi connectivity index (χ4n) is 3.32. The van der Waals surface area contributed by atoms with Gasteiger partial charge in [0, 0.05) is 0 Å². The average molecular weight is 480 g/mol. The molecular formula is C22H29N3O5S2. The summed E-state index contributed by atoms with van der Waals surface area (Å²) in [5.41, 5.74) is 1.30. The largest absolute Gasteiger partial charge is 0.390 e. The van der Waals surface area contributed by atoms with Gasteiger partial charge in [0.05, 0.1) is 30.4 Å². The highest BCUT2D eigenvalue weighted by Gasteiger charge is 2.30. The molecular weight excluding hydrogens is 450 g/mol. The van der Waals surface area contributed by atoms with Crippen molar-refractivity contribution in [1.82, 2.24) is 9.71 Å². The number of hydrogen-bond donors (Lipinski definition) is 3. The van der Waals surface area contributed by atoms with E-state index in [0.717, 1.165) is 11.1 Å². The van der Waals surface area contributed by atoms with Gasteiger partial charge >= 0.3 is 0 Å². The van der Waals surface area contributed by atoms with Crippen LogP contribution >= 0.6 is 11.3 Å². The van der Waals surface area contributed by atoms with Crippen LogP contribution < -0.4 is 4.72 Å². The monoisotopic (exact) mass is 479 g/mol. The van der Waals surface area contributed by atoms with Gasteiger partial charge in [-0.05, 0) is 54.5 Å². The third-order valence-electron chi connectivity index (χ3n) is 4.86. The van der Waals surface area contributed by atoms with Crippen molar-refractivity contribution < 1.29 is 23.4 Å². The van der Waals surface area contributed by atoms with E-state index in [2.05, 4.69) is 15.8 Å². The van der Waals surface area contributed by atoms with E-state index in [1.807, 2.05) is 27.7 Å². The zero-order chi connectivity index (χ0) is 24.4. The summed E-state index contributed by atoms with van der Waals surface area (Å²) in [6.45, 7) is 10.0. The lowest BCUT2D eigenvalue weighted by Crippen LogP contribution is -2.32. The molecule has 0 unspecified atom stereocenters. The number of rotatable bonds is 8. The van der Waals surface area contributed by atoms with Gasteiger partial charge in [-0.25, -0.2) is 18.1 Å². The lowest BCUT2D eigenvalue weighted by atomic mass is 9.85. The van der Waals surface area contributed by atoms with Gasteiger partial charge in [0.2, 0.25) is 5.91 Å². The van der Waals surface area contributed by atoms with Gasteiger partial charge in [-0.15, -0.1) is 11.3 Å². The Bertz CT molecular complexity index is 1120. The maximum atomic E-state index is 12.9. The molecule has 0 spiro atoms. The Morgan fingerprint density at radius 2 is 1.75 bits per heavy atom. The standard InChI is InChI=1S/C22H29N3O5S2/c1-12(2)15-7-14(10-23)8-16(13(3)4)17(15)9-19(27)25-32(29,30)20-18(11-26)24-21(31-20)22(5,6)28/h7-8,12-13,26,28H,9,11H2,1-6H3,(H,25,27). The van der Waals surface area contributed by atoms with Crippen molar-refractivity contribution in [1.29, 1.82) is 5.26 Å². The number of benzene rings is 1.